The number of halogens is 1. The topological polar surface area (TPSA) is 52.6 Å². The summed E-state index contributed by atoms with van der Waals surface area (Å²) in [5.41, 5.74) is -2.75. The molecule has 1 unspecified atom stereocenters. The zero-order valence-electron chi connectivity index (χ0n) is 11.1. The molecule has 0 rings (SSSR count). The Morgan fingerprint density at radius 1 is 1.18 bits per heavy atom. The average molecular weight is 248 g/mol. The van der Waals surface area contributed by atoms with Gasteiger partial charge in [0, 0.05) is 12.8 Å². The summed E-state index contributed by atoms with van der Waals surface area (Å²) >= 11 is 0. The molecule has 0 aromatic rings. The number of rotatable bonds is 5. The zero-order valence-corrected chi connectivity index (χ0v) is 11.1. The van der Waals surface area contributed by atoms with Crippen molar-refractivity contribution >= 4 is 11.9 Å². The van der Waals surface area contributed by atoms with E-state index in [2.05, 4.69) is 4.74 Å². The van der Waals surface area contributed by atoms with Gasteiger partial charge in [0.25, 0.3) is 0 Å². The molecule has 4 nitrogen and oxygen atoms in total. The molecule has 0 fully saturated rings. The lowest BCUT2D eigenvalue weighted by atomic mass is 10.0. The van der Waals surface area contributed by atoms with Gasteiger partial charge in [-0.1, -0.05) is 0 Å². The minimum absolute atomic E-state index is 0.116. The van der Waals surface area contributed by atoms with Crippen LogP contribution in [0.4, 0.5) is 4.39 Å². The van der Waals surface area contributed by atoms with Gasteiger partial charge >= 0.3 is 11.9 Å². The standard InChI is InChI=1S/C12H21FO4/c1-6-16-10(15)12(5,13)8-7-9(14)17-11(2,3)4/h6-8H2,1-5H3. The monoisotopic (exact) mass is 248 g/mol. The summed E-state index contributed by atoms with van der Waals surface area (Å²) in [4.78, 5) is 22.6. The van der Waals surface area contributed by atoms with Gasteiger partial charge in [-0.3, -0.25) is 4.79 Å². The predicted octanol–water partition coefficient (Wildman–Crippen LogP) is 2.40. The Labute approximate surface area is 101 Å². The number of ether oxygens (including phenoxy) is 2. The van der Waals surface area contributed by atoms with Crippen LogP contribution in [0, 0.1) is 0 Å². The minimum atomic E-state index is -2.15. The van der Waals surface area contributed by atoms with E-state index in [4.69, 9.17) is 4.74 Å². The molecular weight excluding hydrogens is 227 g/mol. The lowest BCUT2D eigenvalue weighted by Gasteiger charge is -2.21. The summed E-state index contributed by atoms with van der Waals surface area (Å²) in [5, 5.41) is 0. The second-order valence-electron chi connectivity index (χ2n) is 5.00. The van der Waals surface area contributed by atoms with E-state index in [1.165, 1.54) is 0 Å². The summed E-state index contributed by atoms with van der Waals surface area (Å²) in [5.74, 6) is -1.46. The summed E-state index contributed by atoms with van der Waals surface area (Å²) < 4.78 is 23.4. The number of hydrogen-bond acceptors (Lipinski definition) is 4. The van der Waals surface area contributed by atoms with Gasteiger partial charge in [-0.05, 0) is 34.6 Å². The molecule has 17 heavy (non-hydrogen) atoms. The van der Waals surface area contributed by atoms with E-state index in [1.807, 2.05) is 0 Å². The molecule has 100 valence electrons. The van der Waals surface area contributed by atoms with E-state index in [1.54, 1.807) is 27.7 Å². The third-order valence-corrected chi connectivity index (χ3v) is 1.92. The molecule has 0 heterocycles. The molecule has 0 amide bonds. The number of carbonyl (C=O) groups excluding carboxylic acids is 2. The highest BCUT2D eigenvalue weighted by molar-refractivity contribution is 5.80. The zero-order chi connectivity index (χ0) is 13.7. The maximum absolute atomic E-state index is 13.8. The fourth-order valence-electron chi connectivity index (χ4n) is 1.11. The molecule has 1 atom stereocenters. The minimum Gasteiger partial charge on any atom is -0.464 e. The smallest absolute Gasteiger partial charge is 0.343 e. The number of hydrogen-bond donors (Lipinski definition) is 0. The first kappa shape index (κ1) is 15.9. The number of esters is 2. The van der Waals surface area contributed by atoms with Gasteiger partial charge in [-0.25, -0.2) is 9.18 Å². The third kappa shape index (κ3) is 6.92. The van der Waals surface area contributed by atoms with E-state index in [0.29, 0.717) is 0 Å². The third-order valence-electron chi connectivity index (χ3n) is 1.92. The van der Waals surface area contributed by atoms with E-state index in [9.17, 15) is 14.0 Å². The maximum Gasteiger partial charge on any atom is 0.343 e. The van der Waals surface area contributed by atoms with E-state index in [-0.39, 0.29) is 19.4 Å². The Morgan fingerprint density at radius 3 is 2.12 bits per heavy atom. The molecule has 0 radical (unpaired) electrons. The fourth-order valence-corrected chi connectivity index (χ4v) is 1.11. The van der Waals surface area contributed by atoms with Crippen LogP contribution >= 0.6 is 0 Å². The first-order chi connectivity index (χ1) is 7.58. The largest absolute Gasteiger partial charge is 0.464 e. The molecule has 0 saturated carbocycles. The molecule has 5 heteroatoms. The summed E-state index contributed by atoms with van der Waals surface area (Å²) in [7, 11) is 0. The molecule has 0 aliphatic heterocycles. The molecule has 0 spiro atoms. The van der Waals surface area contributed by atoms with Crippen LogP contribution in [0.25, 0.3) is 0 Å². The van der Waals surface area contributed by atoms with Gasteiger partial charge in [-0.15, -0.1) is 0 Å². The van der Waals surface area contributed by atoms with E-state index < -0.39 is 23.2 Å². The first-order valence-electron chi connectivity index (χ1n) is 5.66. The van der Waals surface area contributed by atoms with Crippen molar-refractivity contribution in [2.75, 3.05) is 6.61 Å². The second kappa shape index (κ2) is 5.98. The Bertz CT molecular complexity index is 279. The van der Waals surface area contributed by atoms with Gasteiger partial charge < -0.3 is 9.47 Å². The van der Waals surface area contributed by atoms with Crippen LogP contribution < -0.4 is 0 Å². The molecule has 0 aromatic heterocycles. The first-order valence-corrected chi connectivity index (χ1v) is 5.66. The number of carbonyl (C=O) groups is 2. The Kier molecular flexibility index (Phi) is 5.58. The van der Waals surface area contributed by atoms with Crippen LogP contribution in [0.1, 0.15) is 47.5 Å². The lowest BCUT2D eigenvalue weighted by Crippen LogP contribution is -2.33. The Morgan fingerprint density at radius 2 is 1.71 bits per heavy atom. The van der Waals surface area contributed by atoms with Crippen LogP contribution in [0.3, 0.4) is 0 Å². The summed E-state index contributed by atoms with van der Waals surface area (Å²) in [6.45, 7) is 8.00. The fraction of sp³-hybridized carbons (Fsp3) is 0.833. The van der Waals surface area contributed by atoms with Gasteiger partial charge in [-0.2, -0.15) is 0 Å². The lowest BCUT2D eigenvalue weighted by molar-refractivity contribution is -0.160. The van der Waals surface area contributed by atoms with Crippen molar-refractivity contribution in [3.05, 3.63) is 0 Å². The Balaban J connectivity index is 4.18. The van der Waals surface area contributed by atoms with E-state index in [0.717, 1.165) is 6.92 Å². The average Bonchev–Trinajstić information content (AvgIpc) is 2.12. The highest BCUT2D eigenvalue weighted by atomic mass is 19.1. The van der Waals surface area contributed by atoms with Crippen molar-refractivity contribution < 1.29 is 23.5 Å². The summed E-state index contributed by atoms with van der Waals surface area (Å²) in [6.07, 6.45) is -0.385. The van der Waals surface area contributed by atoms with Gasteiger partial charge in [0.15, 0.2) is 0 Å². The number of alkyl halides is 1. The SMILES string of the molecule is CCOC(=O)C(C)(F)CCC(=O)OC(C)(C)C. The van der Waals surface area contributed by atoms with Crippen LogP contribution in [-0.2, 0) is 19.1 Å². The molecule has 0 aliphatic rings. The van der Waals surface area contributed by atoms with Crippen molar-refractivity contribution in [2.24, 2.45) is 0 Å². The highest BCUT2D eigenvalue weighted by Gasteiger charge is 2.35. The Hall–Kier alpha value is -1.13. The molecule has 0 aliphatic carbocycles. The van der Waals surface area contributed by atoms with Crippen molar-refractivity contribution in [2.45, 2.75) is 58.7 Å². The predicted molar refractivity (Wildman–Crippen MR) is 61.2 cm³/mol. The highest BCUT2D eigenvalue weighted by Crippen LogP contribution is 2.21. The molecule has 0 saturated heterocycles. The van der Waals surface area contributed by atoms with Gasteiger partial charge in [0.2, 0.25) is 5.67 Å². The maximum atomic E-state index is 13.8. The van der Waals surface area contributed by atoms with Crippen LogP contribution in [0.15, 0.2) is 0 Å². The van der Waals surface area contributed by atoms with Crippen molar-refractivity contribution in [1.82, 2.24) is 0 Å². The molecular formula is C12H21FO4. The normalized spacial score (nSPS) is 14.9. The quantitative estimate of drug-likeness (QED) is 0.701. The molecule has 0 bridgehead atoms. The van der Waals surface area contributed by atoms with E-state index >= 15 is 0 Å². The summed E-state index contributed by atoms with van der Waals surface area (Å²) in [6, 6.07) is 0. The van der Waals surface area contributed by atoms with Gasteiger partial charge in [0.05, 0.1) is 6.61 Å². The van der Waals surface area contributed by atoms with Gasteiger partial charge in [0.1, 0.15) is 5.60 Å². The second-order valence-corrected chi connectivity index (χ2v) is 5.00. The van der Waals surface area contributed by atoms with Crippen LogP contribution in [0.2, 0.25) is 0 Å². The van der Waals surface area contributed by atoms with Crippen molar-refractivity contribution in [1.29, 1.82) is 0 Å². The molecule has 0 aromatic carbocycles. The molecule has 0 N–H and O–H groups in total. The van der Waals surface area contributed by atoms with Crippen molar-refractivity contribution in [3.8, 4) is 0 Å². The van der Waals surface area contributed by atoms with Crippen LogP contribution in [-0.4, -0.2) is 29.8 Å². The van der Waals surface area contributed by atoms with Crippen molar-refractivity contribution in [3.63, 3.8) is 0 Å². The van der Waals surface area contributed by atoms with Crippen LogP contribution in [0.5, 0.6) is 0 Å².